The highest BCUT2D eigenvalue weighted by molar-refractivity contribution is 7.90. The predicted molar refractivity (Wildman–Crippen MR) is 84.9 cm³/mol. The Morgan fingerprint density at radius 2 is 1.73 bits per heavy atom. The summed E-state index contributed by atoms with van der Waals surface area (Å²) in [6, 6.07) is 13.6. The normalized spacial score (nSPS) is 11.0. The van der Waals surface area contributed by atoms with Crippen molar-refractivity contribution in [2.75, 3.05) is 18.2 Å². The lowest BCUT2D eigenvalue weighted by Crippen LogP contribution is -2.21. The molecule has 2 aromatic carbocycles. The molecule has 0 unspecified atom stereocenters. The molecule has 0 heterocycles. The fraction of sp³-hybridized carbons (Fsp3) is 0.188. The average molecular weight is 319 g/mol. The molecule has 0 saturated heterocycles. The number of carbonyl (C=O) groups excluding carboxylic acids is 1. The van der Waals surface area contributed by atoms with Gasteiger partial charge in [-0.2, -0.15) is 0 Å². The lowest BCUT2D eigenvalue weighted by Gasteiger charge is -2.10. The first kappa shape index (κ1) is 16.0. The first-order chi connectivity index (χ1) is 10.4. The van der Waals surface area contributed by atoms with E-state index < -0.39 is 15.7 Å². The predicted octanol–water partition coefficient (Wildman–Crippen LogP) is 2.42. The number of amides is 1. The standard InChI is InChI=1S/C16H17NO4S/c1-12-7-9-13(10-8-12)21-11-16(18)17-14-5-3-4-6-15(14)22(2,19)20/h3-10H,11H2,1-2H3,(H,17,18). The van der Waals surface area contributed by atoms with E-state index in [1.165, 1.54) is 6.07 Å². The number of hydrogen-bond donors (Lipinski definition) is 1. The second-order valence-electron chi connectivity index (χ2n) is 4.92. The van der Waals surface area contributed by atoms with Crippen LogP contribution in [0, 0.1) is 6.92 Å². The number of rotatable bonds is 5. The molecule has 0 aliphatic heterocycles. The van der Waals surface area contributed by atoms with E-state index in [0.29, 0.717) is 5.75 Å². The van der Waals surface area contributed by atoms with E-state index in [9.17, 15) is 13.2 Å². The largest absolute Gasteiger partial charge is 0.484 e. The van der Waals surface area contributed by atoms with Crippen molar-refractivity contribution in [3.63, 3.8) is 0 Å². The number of ether oxygens (including phenoxy) is 1. The van der Waals surface area contributed by atoms with E-state index in [0.717, 1.165) is 11.8 Å². The monoisotopic (exact) mass is 319 g/mol. The Balaban J connectivity index is 2.02. The number of aryl methyl sites for hydroxylation is 1. The van der Waals surface area contributed by atoms with E-state index in [4.69, 9.17) is 4.74 Å². The zero-order valence-corrected chi connectivity index (χ0v) is 13.2. The van der Waals surface area contributed by atoms with Crippen LogP contribution in [-0.2, 0) is 14.6 Å². The molecule has 2 rings (SSSR count). The molecule has 1 N–H and O–H groups in total. The zero-order valence-electron chi connectivity index (χ0n) is 12.4. The summed E-state index contributed by atoms with van der Waals surface area (Å²) in [4.78, 5) is 12.0. The van der Waals surface area contributed by atoms with Gasteiger partial charge in [0.15, 0.2) is 16.4 Å². The Morgan fingerprint density at radius 1 is 1.09 bits per heavy atom. The molecule has 0 fully saturated rings. The van der Waals surface area contributed by atoms with Crippen molar-refractivity contribution in [3.05, 3.63) is 54.1 Å². The second kappa shape index (κ2) is 6.62. The Labute approximate surface area is 129 Å². The molecule has 0 aromatic heterocycles. The van der Waals surface area contributed by atoms with Crippen molar-refractivity contribution in [3.8, 4) is 5.75 Å². The molecule has 0 bridgehead atoms. The van der Waals surface area contributed by atoms with Crippen LogP contribution in [0.15, 0.2) is 53.4 Å². The number of sulfone groups is 1. The number of hydrogen-bond acceptors (Lipinski definition) is 4. The molecule has 6 heteroatoms. The van der Waals surface area contributed by atoms with Crippen LogP contribution >= 0.6 is 0 Å². The smallest absolute Gasteiger partial charge is 0.262 e. The molecule has 0 atom stereocenters. The lowest BCUT2D eigenvalue weighted by atomic mass is 10.2. The van der Waals surface area contributed by atoms with Gasteiger partial charge in [0.2, 0.25) is 0 Å². The Hall–Kier alpha value is -2.34. The van der Waals surface area contributed by atoms with Crippen molar-refractivity contribution >= 4 is 21.4 Å². The summed E-state index contributed by atoms with van der Waals surface area (Å²) in [5, 5.41) is 2.56. The quantitative estimate of drug-likeness (QED) is 0.918. The molecule has 0 aliphatic carbocycles. The van der Waals surface area contributed by atoms with E-state index in [-0.39, 0.29) is 17.2 Å². The van der Waals surface area contributed by atoms with E-state index in [1.54, 1.807) is 30.3 Å². The van der Waals surface area contributed by atoms with Crippen LogP contribution in [0.25, 0.3) is 0 Å². The van der Waals surface area contributed by atoms with Gasteiger partial charge < -0.3 is 10.1 Å². The third kappa shape index (κ3) is 4.33. The van der Waals surface area contributed by atoms with Gasteiger partial charge >= 0.3 is 0 Å². The van der Waals surface area contributed by atoms with Crippen molar-refractivity contribution in [2.24, 2.45) is 0 Å². The van der Waals surface area contributed by atoms with Crippen LogP contribution < -0.4 is 10.1 Å². The molecular weight excluding hydrogens is 302 g/mol. The Bertz CT molecular complexity index is 767. The summed E-state index contributed by atoms with van der Waals surface area (Å²) < 4.78 is 28.7. The van der Waals surface area contributed by atoms with Crippen molar-refractivity contribution in [1.82, 2.24) is 0 Å². The van der Waals surface area contributed by atoms with E-state index in [2.05, 4.69) is 5.32 Å². The number of benzene rings is 2. The number of carbonyl (C=O) groups is 1. The maximum atomic E-state index is 11.9. The maximum absolute atomic E-state index is 11.9. The fourth-order valence-electron chi connectivity index (χ4n) is 1.86. The molecule has 0 saturated carbocycles. The molecule has 0 spiro atoms. The number of para-hydroxylation sites is 1. The summed E-state index contributed by atoms with van der Waals surface area (Å²) in [5.74, 6) is 0.161. The fourth-order valence-corrected chi connectivity index (χ4v) is 2.71. The van der Waals surface area contributed by atoms with Gasteiger partial charge in [-0.25, -0.2) is 8.42 Å². The molecule has 5 nitrogen and oxygen atoms in total. The highest BCUT2D eigenvalue weighted by Crippen LogP contribution is 2.20. The summed E-state index contributed by atoms with van der Waals surface area (Å²) >= 11 is 0. The van der Waals surface area contributed by atoms with Gasteiger partial charge in [0.1, 0.15) is 5.75 Å². The minimum absolute atomic E-state index is 0.0821. The maximum Gasteiger partial charge on any atom is 0.262 e. The van der Waals surface area contributed by atoms with Gasteiger partial charge in [0.25, 0.3) is 5.91 Å². The number of anilines is 1. The first-order valence-electron chi connectivity index (χ1n) is 6.64. The van der Waals surface area contributed by atoms with Crippen molar-refractivity contribution in [1.29, 1.82) is 0 Å². The molecule has 1 amide bonds. The van der Waals surface area contributed by atoms with Gasteiger partial charge in [-0.3, -0.25) is 4.79 Å². The summed E-state index contributed by atoms with van der Waals surface area (Å²) in [5.41, 5.74) is 1.35. The Kier molecular flexibility index (Phi) is 4.82. The summed E-state index contributed by atoms with van der Waals surface area (Å²) in [7, 11) is -3.41. The van der Waals surface area contributed by atoms with Gasteiger partial charge in [0.05, 0.1) is 10.6 Å². The minimum Gasteiger partial charge on any atom is -0.484 e. The molecule has 116 valence electrons. The third-order valence-electron chi connectivity index (χ3n) is 2.95. The molecule has 22 heavy (non-hydrogen) atoms. The highest BCUT2D eigenvalue weighted by atomic mass is 32.2. The second-order valence-corrected chi connectivity index (χ2v) is 6.90. The van der Waals surface area contributed by atoms with Crippen LogP contribution in [0.1, 0.15) is 5.56 Å². The molecule has 0 aliphatic rings. The average Bonchev–Trinajstić information content (AvgIpc) is 2.46. The third-order valence-corrected chi connectivity index (χ3v) is 4.11. The highest BCUT2D eigenvalue weighted by Gasteiger charge is 2.14. The summed E-state index contributed by atoms with van der Waals surface area (Å²) in [6.45, 7) is 1.76. The minimum atomic E-state index is -3.41. The van der Waals surface area contributed by atoms with Gasteiger partial charge in [-0.15, -0.1) is 0 Å². The van der Waals surface area contributed by atoms with Gasteiger partial charge in [-0.1, -0.05) is 29.8 Å². The topological polar surface area (TPSA) is 72.5 Å². The molecular formula is C16H17NO4S. The number of nitrogens with one attached hydrogen (secondary N) is 1. The van der Waals surface area contributed by atoms with Crippen molar-refractivity contribution < 1.29 is 17.9 Å². The lowest BCUT2D eigenvalue weighted by molar-refractivity contribution is -0.118. The summed E-state index contributed by atoms with van der Waals surface area (Å²) in [6.07, 6.45) is 1.10. The molecule has 2 aromatic rings. The molecule has 0 radical (unpaired) electrons. The van der Waals surface area contributed by atoms with Crippen molar-refractivity contribution in [2.45, 2.75) is 11.8 Å². The Morgan fingerprint density at radius 3 is 2.36 bits per heavy atom. The van der Waals surface area contributed by atoms with Gasteiger partial charge in [-0.05, 0) is 31.2 Å². The van der Waals surface area contributed by atoms with Crippen LogP contribution in [0.3, 0.4) is 0 Å². The van der Waals surface area contributed by atoms with Crippen LogP contribution in [0.2, 0.25) is 0 Å². The van der Waals surface area contributed by atoms with Gasteiger partial charge in [0, 0.05) is 6.26 Å². The van der Waals surface area contributed by atoms with Crippen LogP contribution in [0.5, 0.6) is 5.75 Å². The van der Waals surface area contributed by atoms with E-state index in [1.807, 2.05) is 19.1 Å². The SMILES string of the molecule is Cc1ccc(OCC(=O)Nc2ccccc2S(C)(=O)=O)cc1. The first-order valence-corrected chi connectivity index (χ1v) is 8.54. The van der Waals surface area contributed by atoms with Crippen LogP contribution in [0.4, 0.5) is 5.69 Å². The van der Waals surface area contributed by atoms with Crippen LogP contribution in [-0.4, -0.2) is 27.2 Å². The van der Waals surface area contributed by atoms with E-state index >= 15 is 0 Å². The zero-order chi connectivity index (χ0) is 16.2.